The van der Waals surface area contributed by atoms with Crippen LogP contribution in [0.25, 0.3) is 22.8 Å². The zero-order chi connectivity index (χ0) is 16.7. The third-order valence-electron chi connectivity index (χ3n) is 3.80. The van der Waals surface area contributed by atoms with Gasteiger partial charge in [-0.15, -0.1) is 0 Å². The second kappa shape index (κ2) is 5.41. The standard InChI is InChI=1S/C16H13FN6O/c17-9-1-2-11(18)10(7-9)15-19-4-3-12(21-15)13-8-14-16(24)20-5-6-23(14)22-13/h1-4,7-8H,5-6,18H2,(H,20,24). The molecule has 0 radical (unpaired) electrons. The summed E-state index contributed by atoms with van der Waals surface area (Å²) < 4.78 is 15.1. The highest BCUT2D eigenvalue weighted by molar-refractivity contribution is 5.94. The number of carbonyl (C=O) groups is 1. The molecule has 4 rings (SSSR count). The number of nitrogens with one attached hydrogen (secondary N) is 1. The van der Waals surface area contributed by atoms with E-state index >= 15 is 0 Å². The second-order valence-corrected chi connectivity index (χ2v) is 5.39. The van der Waals surface area contributed by atoms with Gasteiger partial charge in [-0.05, 0) is 30.3 Å². The molecule has 0 saturated carbocycles. The zero-order valence-corrected chi connectivity index (χ0v) is 12.5. The summed E-state index contributed by atoms with van der Waals surface area (Å²) in [5.74, 6) is -0.272. The average Bonchev–Trinajstić information content (AvgIpc) is 3.03. The maximum atomic E-state index is 13.5. The Hall–Kier alpha value is -3.29. The van der Waals surface area contributed by atoms with Gasteiger partial charge in [0.2, 0.25) is 0 Å². The van der Waals surface area contributed by atoms with Crippen molar-refractivity contribution in [2.75, 3.05) is 12.3 Å². The molecule has 0 unspecified atom stereocenters. The Morgan fingerprint density at radius 2 is 2.08 bits per heavy atom. The van der Waals surface area contributed by atoms with Crippen LogP contribution in [0, 0.1) is 5.82 Å². The van der Waals surface area contributed by atoms with Crippen molar-refractivity contribution in [1.82, 2.24) is 25.1 Å². The molecule has 0 aliphatic carbocycles. The average molecular weight is 324 g/mol. The van der Waals surface area contributed by atoms with Gasteiger partial charge in [0.1, 0.15) is 17.2 Å². The Morgan fingerprint density at radius 3 is 2.92 bits per heavy atom. The summed E-state index contributed by atoms with van der Waals surface area (Å²) >= 11 is 0. The summed E-state index contributed by atoms with van der Waals surface area (Å²) in [5.41, 5.74) is 8.27. The molecule has 3 aromatic rings. The van der Waals surface area contributed by atoms with Gasteiger partial charge in [0.05, 0.1) is 12.2 Å². The molecule has 7 nitrogen and oxygen atoms in total. The molecular formula is C16H13FN6O. The van der Waals surface area contributed by atoms with Crippen LogP contribution in [0.5, 0.6) is 0 Å². The fourth-order valence-electron chi connectivity index (χ4n) is 2.61. The highest BCUT2D eigenvalue weighted by atomic mass is 19.1. The van der Waals surface area contributed by atoms with Crippen molar-refractivity contribution in [3.8, 4) is 22.8 Å². The molecule has 1 amide bonds. The number of carbonyl (C=O) groups excluding carboxylic acids is 1. The third-order valence-corrected chi connectivity index (χ3v) is 3.80. The molecule has 24 heavy (non-hydrogen) atoms. The Balaban J connectivity index is 1.78. The van der Waals surface area contributed by atoms with E-state index in [1.165, 1.54) is 18.2 Å². The van der Waals surface area contributed by atoms with Gasteiger partial charge in [-0.25, -0.2) is 14.4 Å². The predicted molar refractivity (Wildman–Crippen MR) is 85.4 cm³/mol. The van der Waals surface area contributed by atoms with Crippen LogP contribution in [0.2, 0.25) is 0 Å². The van der Waals surface area contributed by atoms with Gasteiger partial charge in [0.25, 0.3) is 5.91 Å². The largest absolute Gasteiger partial charge is 0.398 e. The van der Waals surface area contributed by atoms with E-state index in [1.54, 1.807) is 23.0 Å². The number of rotatable bonds is 2. The summed E-state index contributed by atoms with van der Waals surface area (Å²) in [7, 11) is 0. The quantitative estimate of drug-likeness (QED) is 0.696. The van der Waals surface area contributed by atoms with E-state index in [2.05, 4.69) is 20.4 Å². The van der Waals surface area contributed by atoms with Gasteiger partial charge < -0.3 is 11.1 Å². The molecule has 8 heteroatoms. The van der Waals surface area contributed by atoms with Crippen molar-refractivity contribution in [3.63, 3.8) is 0 Å². The van der Waals surface area contributed by atoms with Gasteiger partial charge in [-0.1, -0.05) is 0 Å². The van der Waals surface area contributed by atoms with E-state index in [0.717, 1.165) is 0 Å². The molecule has 0 fully saturated rings. The van der Waals surface area contributed by atoms with E-state index in [-0.39, 0.29) is 5.91 Å². The molecule has 0 spiro atoms. The molecule has 0 bridgehead atoms. The van der Waals surface area contributed by atoms with Crippen LogP contribution < -0.4 is 11.1 Å². The number of fused-ring (bicyclic) bond motifs is 1. The third kappa shape index (κ3) is 2.37. The molecule has 120 valence electrons. The lowest BCUT2D eigenvalue weighted by molar-refractivity contribution is 0.0924. The summed E-state index contributed by atoms with van der Waals surface area (Å²) in [6.45, 7) is 1.15. The van der Waals surface area contributed by atoms with Crippen molar-refractivity contribution >= 4 is 11.6 Å². The number of anilines is 1. The minimum absolute atomic E-state index is 0.163. The van der Waals surface area contributed by atoms with Crippen LogP contribution in [0.3, 0.4) is 0 Å². The van der Waals surface area contributed by atoms with Crippen LogP contribution in [0.15, 0.2) is 36.5 Å². The fraction of sp³-hybridized carbons (Fsp3) is 0.125. The number of nitrogens with zero attached hydrogens (tertiary/aromatic N) is 4. The SMILES string of the molecule is Nc1ccc(F)cc1-c1nccc(-c2cc3n(n2)CCNC3=O)n1. The number of nitrogens with two attached hydrogens (primary N) is 1. The summed E-state index contributed by atoms with van der Waals surface area (Å²) in [5, 5.41) is 7.17. The van der Waals surface area contributed by atoms with Crippen molar-refractivity contribution in [2.24, 2.45) is 0 Å². The normalized spacial score (nSPS) is 13.5. The summed E-state index contributed by atoms with van der Waals surface area (Å²) in [4.78, 5) is 20.4. The van der Waals surface area contributed by atoms with E-state index in [4.69, 9.17) is 5.73 Å². The number of amides is 1. The van der Waals surface area contributed by atoms with E-state index in [9.17, 15) is 9.18 Å². The van der Waals surface area contributed by atoms with Gasteiger partial charge in [-0.3, -0.25) is 9.48 Å². The maximum Gasteiger partial charge on any atom is 0.269 e. The van der Waals surface area contributed by atoms with Crippen molar-refractivity contribution in [2.45, 2.75) is 6.54 Å². The number of aromatic nitrogens is 4. The van der Waals surface area contributed by atoms with Gasteiger partial charge in [0.15, 0.2) is 5.82 Å². The van der Waals surface area contributed by atoms with Crippen molar-refractivity contribution in [3.05, 3.63) is 48.0 Å². The number of nitrogen functional groups attached to an aromatic ring is 1. The first-order chi connectivity index (χ1) is 11.6. The minimum atomic E-state index is -0.415. The molecule has 0 atom stereocenters. The van der Waals surface area contributed by atoms with Gasteiger partial charge in [-0.2, -0.15) is 5.10 Å². The number of halogens is 1. The molecule has 3 N–H and O–H groups in total. The second-order valence-electron chi connectivity index (χ2n) is 5.39. The van der Waals surface area contributed by atoms with Crippen LogP contribution in [0.4, 0.5) is 10.1 Å². The van der Waals surface area contributed by atoms with Gasteiger partial charge >= 0.3 is 0 Å². The first kappa shape index (κ1) is 14.3. The van der Waals surface area contributed by atoms with E-state index < -0.39 is 5.82 Å². The highest BCUT2D eigenvalue weighted by Crippen LogP contribution is 2.26. The maximum absolute atomic E-state index is 13.5. The van der Waals surface area contributed by atoms with E-state index in [0.29, 0.717) is 47.2 Å². The van der Waals surface area contributed by atoms with Gasteiger partial charge in [0, 0.05) is 24.0 Å². The number of hydrogen-bond donors (Lipinski definition) is 2. The van der Waals surface area contributed by atoms with Crippen LogP contribution in [-0.2, 0) is 6.54 Å². The Labute approximate surface area is 136 Å². The Morgan fingerprint density at radius 1 is 1.21 bits per heavy atom. The molecule has 1 aromatic carbocycles. The first-order valence-corrected chi connectivity index (χ1v) is 7.37. The molecule has 3 heterocycles. The molecular weight excluding hydrogens is 311 g/mol. The smallest absolute Gasteiger partial charge is 0.269 e. The summed E-state index contributed by atoms with van der Waals surface area (Å²) in [6, 6.07) is 7.41. The summed E-state index contributed by atoms with van der Waals surface area (Å²) in [6.07, 6.45) is 1.56. The minimum Gasteiger partial charge on any atom is -0.398 e. The Bertz CT molecular complexity index is 951. The molecule has 2 aromatic heterocycles. The number of hydrogen-bond acceptors (Lipinski definition) is 5. The fourth-order valence-corrected chi connectivity index (χ4v) is 2.61. The van der Waals surface area contributed by atoms with Crippen LogP contribution in [-0.4, -0.2) is 32.2 Å². The van der Waals surface area contributed by atoms with Crippen LogP contribution >= 0.6 is 0 Å². The zero-order valence-electron chi connectivity index (χ0n) is 12.5. The topological polar surface area (TPSA) is 98.7 Å². The first-order valence-electron chi connectivity index (χ1n) is 7.37. The van der Waals surface area contributed by atoms with Crippen molar-refractivity contribution in [1.29, 1.82) is 0 Å². The lowest BCUT2D eigenvalue weighted by Crippen LogP contribution is -2.35. The lowest BCUT2D eigenvalue weighted by Gasteiger charge is -2.13. The molecule has 1 aliphatic rings. The predicted octanol–water partition coefficient (Wildman–Crippen LogP) is 1.47. The molecule has 1 aliphatic heterocycles. The monoisotopic (exact) mass is 324 g/mol. The Kier molecular flexibility index (Phi) is 3.23. The number of benzene rings is 1. The van der Waals surface area contributed by atoms with Crippen molar-refractivity contribution < 1.29 is 9.18 Å². The highest BCUT2D eigenvalue weighted by Gasteiger charge is 2.20. The van der Waals surface area contributed by atoms with Crippen LogP contribution in [0.1, 0.15) is 10.5 Å². The lowest BCUT2D eigenvalue weighted by atomic mass is 10.1. The van der Waals surface area contributed by atoms with E-state index in [1.807, 2.05) is 0 Å². The molecule has 0 saturated heterocycles.